The summed E-state index contributed by atoms with van der Waals surface area (Å²) < 4.78 is 75.0. The molecule has 2 aromatic carbocycles. The molecule has 0 fully saturated rings. The minimum Gasteiger partial charge on any atom is -0.437 e. The zero-order valence-electron chi connectivity index (χ0n) is 19.9. The van der Waals surface area contributed by atoms with E-state index in [2.05, 4.69) is 14.8 Å². The van der Waals surface area contributed by atoms with Gasteiger partial charge in [0.2, 0.25) is 5.88 Å². The number of ether oxygens (including phenoxy) is 1. The van der Waals surface area contributed by atoms with Crippen LogP contribution in [0.15, 0.2) is 78.1 Å². The zero-order valence-corrected chi connectivity index (χ0v) is 23.0. The Bertz CT molecular complexity index is 1620. The number of nitrogens with one attached hydrogen (secondary N) is 1. The largest absolute Gasteiger partial charge is 0.471 e. The highest BCUT2D eigenvalue weighted by molar-refractivity contribution is 7.92. The van der Waals surface area contributed by atoms with Gasteiger partial charge in [0.1, 0.15) is 11.4 Å². The number of carbonyl (C=O) groups excluding carboxylic acids is 1. The number of alkyl halides is 3. The van der Waals surface area contributed by atoms with Crippen LogP contribution in [0.5, 0.6) is 11.6 Å². The highest BCUT2D eigenvalue weighted by Gasteiger charge is 2.43. The van der Waals surface area contributed by atoms with Crippen molar-refractivity contribution in [3.8, 4) is 11.6 Å². The number of nitrogens with zero attached hydrogens (tertiary/aromatic N) is 4. The van der Waals surface area contributed by atoms with E-state index in [1.54, 1.807) is 12.3 Å². The van der Waals surface area contributed by atoms with Crippen LogP contribution >= 0.6 is 34.8 Å². The average Bonchev–Trinajstić information content (AvgIpc) is 3.41. The van der Waals surface area contributed by atoms with Crippen LogP contribution < -0.4 is 14.4 Å². The van der Waals surface area contributed by atoms with Crippen LogP contribution in [0.2, 0.25) is 15.1 Å². The van der Waals surface area contributed by atoms with Crippen molar-refractivity contribution < 1.29 is 31.1 Å². The van der Waals surface area contributed by atoms with Gasteiger partial charge in [0, 0.05) is 30.8 Å². The molecule has 2 aromatic heterocycles. The molecular weight excluding hydrogens is 618 g/mol. The van der Waals surface area contributed by atoms with Crippen LogP contribution in [-0.2, 0) is 21.4 Å². The highest BCUT2D eigenvalue weighted by Crippen LogP contribution is 2.33. The number of pyridine rings is 1. The molecule has 16 heteroatoms. The molecule has 0 unspecified atom stereocenters. The fourth-order valence-electron chi connectivity index (χ4n) is 3.37. The maximum Gasteiger partial charge on any atom is 0.471 e. The number of sulfonamides is 1. The Kier molecular flexibility index (Phi) is 8.78. The van der Waals surface area contributed by atoms with E-state index < -0.39 is 22.1 Å². The molecule has 4 aromatic rings. The van der Waals surface area contributed by atoms with Crippen molar-refractivity contribution in [3.63, 3.8) is 0 Å². The first-order valence-electron chi connectivity index (χ1n) is 11.1. The van der Waals surface area contributed by atoms with Gasteiger partial charge in [-0.15, -0.1) is 0 Å². The summed E-state index contributed by atoms with van der Waals surface area (Å²) in [5.41, 5.74) is -0.179. The van der Waals surface area contributed by atoms with E-state index in [0.29, 0.717) is 4.90 Å². The molecule has 2 heterocycles. The number of rotatable bonds is 9. The Morgan fingerprint density at radius 1 is 1.05 bits per heavy atom. The van der Waals surface area contributed by atoms with Crippen LogP contribution in [0.25, 0.3) is 0 Å². The lowest BCUT2D eigenvalue weighted by Crippen LogP contribution is -2.43. The third-order valence-corrected chi connectivity index (χ3v) is 7.53. The van der Waals surface area contributed by atoms with Gasteiger partial charge >= 0.3 is 12.1 Å². The van der Waals surface area contributed by atoms with Crippen molar-refractivity contribution in [1.82, 2.24) is 14.8 Å². The van der Waals surface area contributed by atoms with E-state index in [-0.39, 0.29) is 56.1 Å². The second kappa shape index (κ2) is 11.9. The Morgan fingerprint density at radius 3 is 2.40 bits per heavy atom. The molecule has 1 amide bonds. The van der Waals surface area contributed by atoms with Gasteiger partial charge < -0.3 is 9.64 Å². The third kappa shape index (κ3) is 7.16. The molecule has 210 valence electrons. The topological polar surface area (TPSA) is 106 Å². The van der Waals surface area contributed by atoms with Crippen molar-refractivity contribution in [1.29, 1.82) is 0 Å². The van der Waals surface area contributed by atoms with Gasteiger partial charge in [-0.2, -0.15) is 18.3 Å². The summed E-state index contributed by atoms with van der Waals surface area (Å²) in [6.07, 6.45) is -0.875. The van der Waals surface area contributed by atoms with Gasteiger partial charge in [-0.1, -0.05) is 34.8 Å². The van der Waals surface area contributed by atoms with Gasteiger partial charge in [0.05, 0.1) is 26.5 Å². The van der Waals surface area contributed by atoms with Crippen molar-refractivity contribution in [3.05, 3.63) is 88.3 Å². The zero-order chi connectivity index (χ0) is 29.1. The molecule has 1 N–H and O–H groups in total. The monoisotopic (exact) mass is 633 g/mol. The first-order valence-corrected chi connectivity index (χ1v) is 13.7. The van der Waals surface area contributed by atoms with Gasteiger partial charge in [-0.05, 0) is 54.6 Å². The summed E-state index contributed by atoms with van der Waals surface area (Å²) in [5, 5.41) is 4.20. The van der Waals surface area contributed by atoms with Crippen molar-refractivity contribution in [2.45, 2.75) is 17.6 Å². The molecule has 0 aliphatic rings. The summed E-state index contributed by atoms with van der Waals surface area (Å²) in [4.78, 5) is 16.5. The number of halogens is 6. The summed E-state index contributed by atoms with van der Waals surface area (Å²) in [6, 6.07) is 11.7. The quantitative estimate of drug-likeness (QED) is 0.228. The third-order valence-electron chi connectivity index (χ3n) is 5.23. The smallest absolute Gasteiger partial charge is 0.437 e. The summed E-state index contributed by atoms with van der Waals surface area (Å²) in [5.74, 6) is -2.17. The minimum absolute atomic E-state index is 0.0180. The molecule has 0 aliphatic heterocycles. The fourth-order valence-corrected chi connectivity index (χ4v) is 4.97. The highest BCUT2D eigenvalue weighted by atomic mass is 35.5. The predicted molar refractivity (Wildman–Crippen MR) is 144 cm³/mol. The molecule has 0 atom stereocenters. The van der Waals surface area contributed by atoms with Crippen LogP contribution in [0.1, 0.15) is 0 Å². The normalized spacial score (nSPS) is 11.8. The summed E-state index contributed by atoms with van der Waals surface area (Å²) in [7, 11) is -4.18. The van der Waals surface area contributed by atoms with Crippen LogP contribution in [0, 0.1) is 0 Å². The summed E-state index contributed by atoms with van der Waals surface area (Å²) in [6.45, 7) is -0.288. The second-order valence-electron chi connectivity index (χ2n) is 8.01. The SMILES string of the molecule is O=C(N(CCn1cccn1)c1ccc(Oc2ncc(Cl)cc2NS(=O)(=O)c2ccc(Cl)c(Cl)c2)cc1)C(F)(F)F. The standard InChI is InChI=1S/C24H17Cl3F3N5O4S/c25-15-12-21(33-40(37,38)18-6-7-19(26)20(27)13-18)22(31-14-15)39-17-4-2-16(3-5-17)35(23(36)24(28,29)30)11-10-34-9-1-8-32-34/h1-9,12-14,33H,10-11H2. The molecule has 0 spiro atoms. The fraction of sp³-hybridized carbons (Fsp3) is 0.125. The number of amides is 1. The molecule has 0 saturated carbocycles. The van der Waals surface area contributed by atoms with Crippen LogP contribution in [0.4, 0.5) is 24.5 Å². The second-order valence-corrected chi connectivity index (χ2v) is 10.9. The van der Waals surface area contributed by atoms with Gasteiger partial charge in [-0.25, -0.2) is 13.4 Å². The van der Waals surface area contributed by atoms with E-state index in [0.717, 1.165) is 6.07 Å². The lowest BCUT2D eigenvalue weighted by Gasteiger charge is -2.24. The van der Waals surface area contributed by atoms with E-state index in [1.165, 1.54) is 59.5 Å². The molecule has 0 saturated heterocycles. The number of anilines is 2. The number of hydrogen-bond acceptors (Lipinski definition) is 6. The van der Waals surface area contributed by atoms with Gasteiger partial charge in [0.15, 0.2) is 0 Å². The Balaban J connectivity index is 1.57. The van der Waals surface area contributed by atoms with Gasteiger partial charge in [-0.3, -0.25) is 14.2 Å². The maximum atomic E-state index is 13.3. The number of aromatic nitrogens is 3. The summed E-state index contributed by atoms with van der Waals surface area (Å²) >= 11 is 17.8. The maximum absolute atomic E-state index is 13.3. The Hall–Kier alpha value is -3.52. The van der Waals surface area contributed by atoms with Crippen molar-refractivity contribution >= 4 is 62.1 Å². The average molecular weight is 635 g/mol. The molecule has 0 aliphatic carbocycles. The molecule has 0 bridgehead atoms. The number of benzene rings is 2. The number of hydrogen-bond donors (Lipinski definition) is 1. The lowest BCUT2D eigenvalue weighted by molar-refractivity contribution is -0.170. The van der Waals surface area contributed by atoms with Crippen LogP contribution in [0.3, 0.4) is 0 Å². The molecule has 9 nitrogen and oxygen atoms in total. The Labute approximate surface area is 241 Å². The van der Waals surface area contributed by atoms with E-state index in [1.807, 2.05) is 0 Å². The Morgan fingerprint density at radius 2 is 1.77 bits per heavy atom. The molecular formula is C24H17Cl3F3N5O4S. The van der Waals surface area contributed by atoms with Crippen molar-refractivity contribution in [2.24, 2.45) is 0 Å². The molecule has 4 rings (SSSR count). The van der Waals surface area contributed by atoms with Crippen molar-refractivity contribution in [2.75, 3.05) is 16.2 Å². The minimum atomic E-state index is -5.10. The molecule has 40 heavy (non-hydrogen) atoms. The first kappa shape index (κ1) is 29.5. The van der Waals surface area contributed by atoms with Crippen LogP contribution in [-0.4, -0.2) is 41.8 Å². The van der Waals surface area contributed by atoms with E-state index >= 15 is 0 Å². The molecule has 0 radical (unpaired) electrons. The van der Waals surface area contributed by atoms with E-state index in [9.17, 15) is 26.4 Å². The predicted octanol–water partition coefficient (Wildman–Crippen LogP) is 6.43. The number of carbonyl (C=O) groups is 1. The van der Waals surface area contributed by atoms with E-state index in [4.69, 9.17) is 39.5 Å². The lowest BCUT2D eigenvalue weighted by atomic mass is 10.2. The first-order chi connectivity index (χ1) is 18.8. The van der Waals surface area contributed by atoms with Gasteiger partial charge in [0.25, 0.3) is 10.0 Å².